The number of benzene rings is 1. The Bertz CT molecular complexity index is 736. The molecule has 0 spiro atoms. The molecule has 0 aliphatic carbocycles. The Morgan fingerprint density at radius 2 is 2.00 bits per heavy atom. The number of nitro benzene ring substituents is 1. The fourth-order valence-corrected chi connectivity index (χ4v) is 2.00. The number of nitrogens with zero attached hydrogens (tertiary/aromatic N) is 2. The average Bonchev–Trinajstić information content (AvgIpc) is 2.40. The summed E-state index contributed by atoms with van der Waals surface area (Å²) in [4.78, 5) is 25.9. The largest absolute Gasteiger partial charge is 0.505 e. The monoisotopic (exact) mass is 327 g/mol. The molecule has 0 bridgehead atoms. The highest BCUT2D eigenvalue weighted by Crippen LogP contribution is 2.33. The fraction of sp³-hybridized carbons (Fsp3) is 0. The lowest BCUT2D eigenvalue weighted by molar-refractivity contribution is -0.384. The number of halogens is 2. The van der Waals surface area contributed by atoms with Crippen LogP contribution in [-0.2, 0) is 0 Å². The molecule has 1 aromatic heterocycles. The summed E-state index contributed by atoms with van der Waals surface area (Å²) in [5.41, 5.74) is -0.793. The molecule has 0 aliphatic rings. The first-order valence-corrected chi connectivity index (χ1v) is 6.25. The maximum Gasteiger partial charge on any atom is 0.296 e. The quantitative estimate of drug-likeness (QED) is 0.389. The maximum atomic E-state index is 12.1. The van der Waals surface area contributed by atoms with E-state index in [9.17, 15) is 20.0 Å². The van der Waals surface area contributed by atoms with Crippen molar-refractivity contribution in [2.24, 2.45) is 0 Å². The minimum atomic E-state index is -0.756. The minimum Gasteiger partial charge on any atom is -0.505 e. The maximum absolute atomic E-state index is 12.1. The van der Waals surface area contributed by atoms with Crippen LogP contribution in [0.2, 0.25) is 10.3 Å². The Kier molecular flexibility index (Phi) is 4.25. The third-order valence-electron chi connectivity index (χ3n) is 2.52. The number of hydrogen-bond donors (Lipinski definition) is 2. The van der Waals surface area contributed by atoms with Gasteiger partial charge in [-0.2, -0.15) is 0 Å². The molecule has 9 heteroatoms. The number of para-hydroxylation sites is 1. The van der Waals surface area contributed by atoms with Gasteiger partial charge in [-0.15, -0.1) is 0 Å². The van der Waals surface area contributed by atoms with E-state index in [1.54, 1.807) is 0 Å². The van der Waals surface area contributed by atoms with Crippen molar-refractivity contribution in [3.63, 3.8) is 0 Å². The molecule has 0 radical (unpaired) electrons. The lowest BCUT2D eigenvalue weighted by Crippen LogP contribution is -2.14. The van der Waals surface area contributed by atoms with Gasteiger partial charge >= 0.3 is 0 Å². The first-order valence-electron chi connectivity index (χ1n) is 5.50. The van der Waals surface area contributed by atoms with Gasteiger partial charge in [0.05, 0.1) is 10.5 Å². The van der Waals surface area contributed by atoms with Crippen molar-refractivity contribution in [1.82, 2.24) is 4.98 Å². The van der Waals surface area contributed by atoms with Gasteiger partial charge in [0.15, 0.2) is 5.69 Å². The number of anilines is 1. The third-order valence-corrected chi connectivity index (χ3v) is 3.01. The number of aromatic hydroxyl groups is 1. The minimum absolute atomic E-state index is 0.0291. The Morgan fingerprint density at radius 1 is 1.29 bits per heavy atom. The van der Waals surface area contributed by atoms with Gasteiger partial charge in [-0.1, -0.05) is 29.3 Å². The zero-order chi connectivity index (χ0) is 15.6. The van der Waals surface area contributed by atoms with Gasteiger partial charge in [-0.3, -0.25) is 14.9 Å². The van der Waals surface area contributed by atoms with Crippen molar-refractivity contribution < 1.29 is 14.8 Å². The normalized spacial score (nSPS) is 10.2. The van der Waals surface area contributed by atoms with Crippen LogP contribution >= 0.6 is 23.2 Å². The second-order valence-corrected chi connectivity index (χ2v) is 4.60. The van der Waals surface area contributed by atoms with Crippen molar-refractivity contribution in [2.75, 3.05) is 5.32 Å². The Labute approximate surface area is 128 Å². The van der Waals surface area contributed by atoms with Crippen molar-refractivity contribution in [1.29, 1.82) is 0 Å². The molecule has 2 aromatic rings. The van der Waals surface area contributed by atoms with Gasteiger partial charge in [0.2, 0.25) is 0 Å². The first-order chi connectivity index (χ1) is 9.90. The molecule has 1 heterocycles. The number of amides is 1. The second kappa shape index (κ2) is 5.94. The lowest BCUT2D eigenvalue weighted by atomic mass is 10.2. The van der Waals surface area contributed by atoms with Gasteiger partial charge in [-0.05, 0) is 18.2 Å². The van der Waals surface area contributed by atoms with E-state index in [-0.39, 0.29) is 21.6 Å². The molecule has 0 atom stereocenters. The zero-order valence-electron chi connectivity index (χ0n) is 10.2. The fourth-order valence-electron chi connectivity index (χ4n) is 1.57. The molecule has 0 aliphatic heterocycles. The van der Waals surface area contributed by atoms with Crippen molar-refractivity contribution in [3.05, 3.63) is 56.3 Å². The van der Waals surface area contributed by atoms with Crippen LogP contribution in [0.4, 0.5) is 11.4 Å². The van der Waals surface area contributed by atoms with Crippen molar-refractivity contribution in [2.45, 2.75) is 0 Å². The summed E-state index contributed by atoms with van der Waals surface area (Å²) in [6, 6.07) is 6.32. The molecule has 1 aromatic carbocycles. The highest BCUT2D eigenvalue weighted by Gasteiger charge is 2.21. The van der Waals surface area contributed by atoms with E-state index in [4.69, 9.17) is 23.2 Å². The number of phenolic OH excluding ortho intramolecular Hbond substituents is 1. The lowest BCUT2D eigenvalue weighted by Gasteiger charge is -2.08. The molecule has 0 fully saturated rings. The van der Waals surface area contributed by atoms with Crippen LogP contribution in [0.3, 0.4) is 0 Å². The number of aromatic nitrogens is 1. The molecule has 108 valence electrons. The van der Waals surface area contributed by atoms with Crippen LogP contribution in [0, 0.1) is 10.1 Å². The third kappa shape index (κ3) is 3.21. The van der Waals surface area contributed by atoms with Gasteiger partial charge in [-0.25, -0.2) is 4.98 Å². The number of carbonyl (C=O) groups is 1. The molecule has 1 amide bonds. The van der Waals surface area contributed by atoms with E-state index in [1.807, 2.05) is 0 Å². The number of nitrogens with one attached hydrogen (secondary N) is 1. The number of pyridine rings is 1. The molecule has 0 saturated carbocycles. The van der Waals surface area contributed by atoms with Crippen LogP contribution in [0.1, 0.15) is 10.4 Å². The van der Waals surface area contributed by atoms with Gasteiger partial charge in [0.1, 0.15) is 16.1 Å². The van der Waals surface area contributed by atoms with Crippen LogP contribution in [0.25, 0.3) is 0 Å². The summed E-state index contributed by atoms with van der Waals surface area (Å²) in [6.07, 6.45) is 0. The highest BCUT2D eigenvalue weighted by molar-refractivity contribution is 6.35. The average molecular weight is 328 g/mol. The van der Waals surface area contributed by atoms with E-state index < -0.39 is 22.3 Å². The zero-order valence-corrected chi connectivity index (χ0v) is 11.7. The molecular weight excluding hydrogens is 321 g/mol. The Morgan fingerprint density at radius 3 is 2.62 bits per heavy atom. The summed E-state index contributed by atoms with van der Waals surface area (Å²) >= 11 is 11.4. The van der Waals surface area contributed by atoms with E-state index in [0.29, 0.717) is 0 Å². The number of carbonyl (C=O) groups excluding carboxylic acids is 1. The second-order valence-electron chi connectivity index (χ2n) is 3.85. The van der Waals surface area contributed by atoms with Crippen LogP contribution in [0.15, 0.2) is 30.3 Å². The van der Waals surface area contributed by atoms with Gasteiger partial charge in [0.25, 0.3) is 11.6 Å². The number of hydrogen-bond acceptors (Lipinski definition) is 5. The predicted octanol–water partition coefficient (Wildman–Crippen LogP) is 3.25. The standard InChI is InChI=1S/C12H7Cl2N3O4/c13-9-5-4-6(11(14)15-9)12(19)16-10-7(17(20)21)2-1-3-8(10)18/h1-5,18H,(H,16,19). The molecule has 0 unspecified atom stereocenters. The highest BCUT2D eigenvalue weighted by atomic mass is 35.5. The van der Waals surface area contributed by atoms with Crippen LogP contribution in [-0.4, -0.2) is 20.9 Å². The topological polar surface area (TPSA) is 105 Å². The molecule has 21 heavy (non-hydrogen) atoms. The van der Waals surface area contributed by atoms with Gasteiger partial charge < -0.3 is 10.4 Å². The SMILES string of the molecule is O=C(Nc1c(O)cccc1[N+](=O)[O-])c1ccc(Cl)nc1Cl. The van der Waals surface area contributed by atoms with E-state index in [1.165, 1.54) is 24.3 Å². The Hall–Kier alpha value is -2.38. The summed E-state index contributed by atoms with van der Waals surface area (Å²) < 4.78 is 0. The molecule has 2 N–H and O–H groups in total. The first kappa shape index (κ1) is 15.0. The molecular formula is C12H7Cl2N3O4. The van der Waals surface area contributed by atoms with Crippen LogP contribution in [0.5, 0.6) is 5.75 Å². The number of rotatable bonds is 3. The van der Waals surface area contributed by atoms with Crippen LogP contribution < -0.4 is 5.32 Å². The molecule has 0 saturated heterocycles. The number of nitro groups is 1. The summed E-state index contributed by atoms with van der Waals surface area (Å²) in [5.74, 6) is -1.19. The number of phenols is 1. The Balaban J connectivity index is 2.38. The summed E-state index contributed by atoms with van der Waals surface area (Å²) in [7, 11) is 0. The van der Waals surface area contributed by atoms with Crippen molar-refractivity contribution >= 4 is 40.5 Å². The summed E-state index contributed by atoms with van der Waals surface area (Å²) in [6.45, 7) is 0. The van der Waals surface area contributed by atoms with E-state index in [0.717, 1.165) is 6.07 Å². The van der Waals surface area contributed by atoms with Crippen molar-refractivity contribution in [3.8, 4) is 5.75 Å². The smallest absolute Gasteiger partial charge is 0.296 e. The molecule has 7 nitrogen and oxygen atoms in total. The van der Waals surface area contributed by atoms with E-state index >= 15 is 0 Å². The summed E-state index contributed by atoms with van der Waals surface area (Å²) in [5, 5.41) is 22.7. The predicted molar refractivity (Wildman–Crippen MR) is 77.0 cm³/mol. The molecule has 2 rings (SSSR count). The van der Waals surface area contributed by atoms with Gasteiger partial charge in [0, 0.05) is 6.07 Å². The van der Waals surface area contributed by atoms with E-state index in [2.05, 4.69) is 10.3 Å².